The van der Waals surface area contributed by atoms with Gasteiger partial charge in [-0.05, 0) is 25.8 Å². The summed E-state index contributed by atoms with van der Waals surface area (Å²) in [5.41, 5.74) is 0.658. The quantitative estimate of drug-likeness (QED) is 0.781. The van der Waals surface area contributed by atoms with Crippen molar-refractivity contribution in [2.45, 2.75) is 32.4 Å². The van der Waals surface area contributed by atoms with Gasteiger partial charge in [0.15, 0.2) is 23.0 Å². The lowest BCUT2D eigenvalue weighted by atomic mass is 10.1. The van der Waals surface area contributed by atoms with Crippen molar-refractivity contribution in [2.75, 3.05) is 6.61 Å². The molecule has 8 heteroatoms. The third-order valence-electron chi connectivity index (χ3n) is 4.22. The summed E-state index contributed by atoms with van der Waals surface area (Å²) < 4.78 is 29.8. The Hall–Kier alpha value is -2.74. The summed E-state index contributed by atoms with van der Waals surface area (Å²) in [6.45, 7) is 2.47. The third kappa shape index (κ3) is 2.89. The molecule has 1 N–H and O–H groups in total. The lowest BCUT2D eigenvalue weighted by molar-refractivity contribution is 0.0835. The molecule has 0 spiro atoms. The molecule has 130 valence electrons. The first-order chi connectivity index (χ1) is 12.1. The van der Waals surface area contributed by atoms with Crippen molar-refractivity contribution in [1.82, 2.24) is 15.5 Å². The number of aryl methyl sites for hydroxylation is 1. The zero-order valence-electron chi connectivity index (χ0n) is 13.5. The normalized spacial score (nSPS) is 17.3. The topological polar surface area (TPSA) is 90.4 Å². The van der Waals surface area contributed by atoms with Crippen molar-refractivity contribution in [1.29, 1.82) is 0 Å². The molecule has 1 amide bonds. The number of nitrogens with one attached hydrogen (secondary N) is 1. The van der Waals surface area contributed by atoms with Crippen LogP contribution in [0.25, 0.3) is 11.0 Å². The molecule has 25 heavy (non-hydrogen) atoms. The minimum absolute atomic E-state index is 0.0722. The van der Waals surface area contributed by atoms with E-state index in [1.54, 1.807) is 19.1 Å². The highest BCUT2D eigenvalue weighted by Crippen LogP contribution is 2.28. The minimum atomic E-state index is -0.501. The summed E-state index contributed by atoms with van der Waals surface area (Å²) in [5.74, 6) is -0.124. The van der Waals surface area contributed by atoms with E-state index in [4.69, 9.17) is 13.7 Å². The van der Waals surface area contributed by atoms with Crippen LogP contribution in [0.3, 0.4) is 0 Å². The Morgan fingerprint density at radius 2 is 2.32 bits per heavy atom. The molecule has 1 saturated heterocycles. The Kier molecular flexibility index (Phi) is 3.96. The number of fused-ring (bicyclic) bond motifs is 1. The second kappa shape index (κ2) is 6.29. The second-order valence-corrected chi connectivity index (χ2v) is 5.91. The van der Waals surface area contributed by atoms with Crippen molar-refractivity contribution in [3.63, 3.8) is 0 Å². The highest BCUT2D eigenvalue weighted by Gasteiger charge is 2.24. The van der Waals surface area contributed by atoms with E-state index in [-0.39, 0.29) is 24.0 Å². The van der Waals surface area contributed by atoms with E-state index in [2.05, 4.69) is 15.5 Å². The van der Waals surface area contributed by atoms with E-state index >= 15 is 0 Å². The first-order valence-corrected chi connectivity index (χ1v) is 8.03. The number of carbonyl (C=O) groups excluding carboxylic acids is 1. The zero-order valence-corrected chi connectivity index (χ0v) is 13.5. The van der Waals surface area contributed by atoms with E-state index in [1.807, 2.05) is 0 Å². The smallest absolute Gasteiger partial charge is 0.287 e. The summed E-state index contributed by atoms with van der Waals surface area (Å²) in [6, 6.07) is 4.58. The van der Waals surface area contributed by atoms with Gasteiger partial charge in [0.2, 0.25) is 0 Å². The number of aromatic nitrogens is 2. The number of hydrogen-bond acceptors (Lipinski definition) is 6. The van der Waals surface area contributed by atoms with Gasteiger partial charge in [-0.15, -0.1) is 0 Å². The van der Waals surface area contributed by atoms with Crippen molar-refractivity contribution in [2.24, 2.45) is 0 Å². The number of carbonyl (C=O) groups is 1. The molecule has 0 saturated carbocycles. The Balaban J connectivity index is 1.47. The molecule has 1 aliphatic heterocycles. The summed E-state index contributed by atoms with van der Waals surface area (Å²) in [7, 11) is 0. The van der Waals surface area contributed by atoms with Crippen LogP contribution in [0.5, 0.6) is 0 Å². The predicted octanol–water partition coefficient (Wildman–Crippen LogP) is 3.04. The van der Waals surface area contributed by atoms with Gasteiger partial charge < -0.3 is 19.0 Å². The monoisotopic (exact) mass is 345 g/mol. The number of rotatable bonds is 4. The van der Waals surface area contributed by atoms with E-state index in [1.165, 1.54) is 6.07 Å². The molecule has 3 heterocycles. The molecule has 0 unspecified atom stereocenters. The molecule has 4 rings (SSSR count). The van der Waals surface area contributed by atoms with Gasteiger partial charge in [0.25, 0.3) is 11.8 Å². The van der Waals surface area contributed by atoms with E-state index in [0.717, 1.165) is 12.8 Å². The maximum Gasteiger partial charge on any atom is 0.287 e. The molecule has 3 aromatic rings. The van der Waals surface area contributed by atoms with Gasteiger partial charge in [-0.25, -0.2) is 4.39 Å². The summed E-state index contributed by atoms with van der Waals surface area (Å²) in [4.78, 5) is 16.6. The van der Waals surface area contributed by atoms with Crippen LogP contribution in [0.2, 0.25) is 0 Å². The molecule has 0 bridgehead atoms. The number of nitrogens with zero attached hydrogens (tertiary/aromatic N) is 2. The number of halogens is 1. The van der Waals surface area contributed by atoms with Crippen molar-refractivity contribution in [3.05, 3.63) is 47.1 Å². The Labute approximate surface area is 142 Å². The lowest BCUT2D eigenvalue weighted by Gasteiger charge is -2.01. The van der Waals surface area contributed by atoms with Crippen molar-refractivity contribution in [3.8, 4) is 0 Å². The molecule has 0 aliphatic carbocycles. The molecule has 1 aliphatic rings. The van der Waals surface area contributed by atoms with Gasteiger partial charge in [-0.3, -0.25) is 4.79 Å². The first-order valence-electron chi connectivity index (χ1n) is 8.03. The zero-order chi connectivity index (χ0) is 17.4. The molecule has 1 fully saturated rings. The summed E-state index contributed by atoms with van der Waals surface area (Å²) in [5, 5.41) is 7.07. The number of benzene rings is 1. The van der Waals surface area contributed by atoms with E-state index in [0.29, 0.717) is 29.3 Å². The number of ether oxygens (including phenoxy) is 1. The third-order valence-corrected chi connectivity index (χ3v) is 4.22. The summed E-state index contributed by atoms with van der Waals surface area (Å²) in [6.07, 6.45) is 1.64. The fourth-order valence-corrected chi connectivity index (χ4v) is 2.91. The van der Waals surface area contributed by atoms with Crippen LogP contribution in [-0.2, 0) is 11.3 Å². The van der Waals surface area contributed by atoms with Crippen LogP contribution < -0.4 is 5.32 Å². The van der Waals surface area contributed by atoms with Gasteiger partial charge in [0.05, 0.1) is 6.54 Å². The van der Waals surface area contributed by atoms with Gasteiger partial charge in [0, 0.05) is 17.6 Å². The Morgan fingerprint density at radius 3 is 3.08 bits per heavy atom. The molecular formula is C17H16FN3O4. The molecule has 1 atom stereocenters. The molecule has 0 radical (unpaired) electrons. The molecular weight excluding hydrogens is 329 g/mol. The average molecular weight is 345 g/mol. The van der Waals surface area contributed by atoms with E-state index < -0.39 is 11.7 Å². The predicted molar refractivity (Wildman–Crippen MR) is 84.3 cm³/mol. The average Bonchev–Trinajstić information content (AvgIpc) is 3.33. The fraction of sp³-hybridized carbons (Fsp3) is 0.353. The Morgan fingerprint density at radius 1 is 1.44 bits per heavy atom. The van der Waals surface area contributed by atoms with Crippen LogP contribution in [0.1, 0.15) is 46.8 Å². The van der Waals surface area contributed by atoms with Crippen LogP contribution in [0, 0.1) is 12.7 Å². The maximum absolute atomic E-state index is 13.8. The first kappa shape index (κ1) is 15.8. The standard InChI is InChI=1S/C17H16FN3O4/c1-9-10-4-2-5-11(18)15(10)24-14(9)16(22)19-8-13-20-17(25-21-13)12-6-3-7-23-12/h2,4-5,12H,3,6-8H2,1H3,(H,19,22)/t12-/m1/s1. The maximum atomic E-state index is 13.8. The highest BCUT2D eigenvalue weighted by molar-refractivity contribution is 5.98. The van der Waals surface area contributed by atoms with Gasteiger partial charge in [-0.2, -0.15) is 4.98 Å². The highest BCUT2D eigenvalue weighted by atomic mass is 19.1. The van der Waals surface area contributed by atoms with Gasteiger partial charge >= 0.3 is 0 Å². The van der Waals surface area contributed by atoms with Crippen LogP contribution >= 0.6 is 0 Å². The number of hydrogen-bond donors (Lipinski definition) is 1. The van der Waals surface area contributed by atoms with Crippen LogP contribution in [0.4, 0.5) is 4.39 Å². The molecule has 2 aromatic heterocycles. The fourth-order valence-electron chi connectivity index (χ4n) is 2.91. The van der Waals surface area contributed by atoms with Gasteiger partial charge in [0.1, 0.15) is 6.10 Å². The van der Waals surface area contributed by atoms with Crippen LogP contribution in [-0.4, -0.2) is 22.7 Å². The minimum Gasteiger partial charge on any atom is -0.448 e. The number of para-hydroxylation sites is 1. The molecule has 1 aromatic carbocycles. The van der Waals surface area contributed by atoms with Crippen molar-refractivity contribution < 1.29 is 22.9 Å². The lowest BCUT2D eigenvalue weighted by Crippen LogP contribution is -2.23. The SMILES string of the molecule is Cc1c(C(=O)NCc2noc([C@H]3CCCO3)n2)oc2c(F)cccc12. The largest absolute Gasteiger partial charge is 0.448 e. The number of amides is 1. The Bertz CT molecular complexity index is 927. The van der Waals surface area contributed by atoms with Crippen molar-refractivity contribution >= 4 is 16.9 Å². The van der Waals surface area contributed by atoms with E-state index in [9.17, 15) is 9.18 Å². The van der Waals surface area contributed by atoms with Crippen LogP contribution in [0.15, 0.2) is 27.1 Å². The molecule has 7 nitrogen and oxygen atoms in total. The number of furan rings is 1. The van der Waals surface area contributed by atoms with Gasteiger partial charge in [-0.1, -0.05) is 17.3 Å². The second-order valence-electron chi connectivity index (χ2n) is 5.91. The summed E-state index contributed by atoms with van der Waals surface area (Å²) >= 11 is 0.